The molecule has 0 radical (unpaired) electrons. The Hall–Kier alpha value is -7.19. The van der Waals surface area contributed by atoms with Crippen molar-refractivity contribution < 1.29 is 83.7 Å². The van der Waals surface area contributed by atoms with Gasteiger partial charge in [-0.25, -0.2) is 4.98 Å². The van der Waals surface area contributed by atoms with Crippen molar-refractivity contribution in [1.29, 1.82) is 0 Å². The number of nitrogens with zero attached hydrogens (tertiary/aromatic N) is 1. The lowest BCUT2D eigenvalue weighted by atomic mass is 9.99. The molecule has 0 bridgehead atoms. The second-order valence-corrected chi connectivity index (χ2v) is 19.1. The molecule has 12 N–H and O–H groups in total. The lowest BCUT2D eigenvalue weighted by Crippen LogP contribution is -2.71. The fraction of sp³-hybridized carbons (Fsp3) is 0.667. The molecule has 0 aliphatic heterocycles. The Balaban J connectivity index is 3.51. The summed E-state index contributed by atoms with van der Waals surface area (Å²) in [4.78, 5) is 162. The number of quaternary nitrogens is 1. The topological polar surface area (TPSA) is 450 Å². The fourth-order valence-corrected chi connectivity index (χ4v) is 6.81. The van der Waals surface area contributed by atoms with Crippen molar-refractivity contribution in [2.45, 2.75) is 168 Å². The molecule has 0 aromatic carbocycles. The van der Waals surface area contributed by atoms with E-state index in [0.717, 1.165) is 6.92 Å². The Bertz CT molecular complexity index is 2060. The Morgan fingerprint density at radius 3 is 1.18 bits per heavy atom. The number of aliphatic carboxylic acids is 4. The molecule has 72 heavy (non-hydrogen) atoms. The van der Waals surface area contributed by atoms with Crippen molar-refractivity contribution in [3.8, 4) is 0 Å². The van der Waals surface area contributed by atoms with E-state index in [0.29, 0.717) is 5.69 Å². The van der Waals surface area contributed by atoms with E-state index in [2.05, 4.69) is 58.2 Å². The quantitative estimate of drug-likeness (QED) is 0.0313. The van der Waals surface area contributed by atoms with E-state index in [1.54, 1.807) is 55.4 Å². The summed E-state index contributed by atoms with van der Waals surface area (Å²) < 4.78 is 0. The number of imidazole rings is 1. The van der Waals surface area contributed by atoms with Gasteiger partial charge >= 0.3 is 0 Å². The van der Waals surface area contributed by atoms with Crippen molar-refractivity contribution in [1.82, 2.24) is 52.5 Å². The lowest BCUT2D eigenvalue weighted by molar-refractivity contribution is -0.414. The van der Waals surface area contributed by atoms with Crippen molar-refractivity contribution in [2.75, 3.05) is 0 Å². The van der Waals surface area contributed by atoms with Gasteiger partial charge in [0.05, 0.1) is 18.3 Å². The highest BCUT2D eigenvalue weighted by atomic mass is 16.4. The molecule has 9 atom stereocenters. The molecular formula is C45H70N11O16-3. The van der Waals surface area contributed by atoms with Gasteiger partial charge < -0.3 is 92.9 Å². The molecule has 0 saturated carbocycles. The highest BCUT2D eigenvalue weighted by Gasteiger charge is 2.36. The third kappa shape index (κ3) is 23.6. The van der Waals surface area contributed by atoms with Crippen molar-refractivity contribution in [2.24, 2.45) is 23.7 Å². The number of carbonyl (C=O) groups excluding carboxylic acids is 12. The molecule has 1 aromatic rings. The van der Waals surface area contributed by atoms with Crippen LogP contribution in [0.4, 0.5) is 0 Å². The van der Waals surface area contributed by atoms with Crippen LogP contribution in [0, 0.1) is 23.7 Å². The number of carbonyl (C=O) groups is 12. The first-order chi connectivity index (χ1) is 33.4. The summed E-state index contributed by atoms with van der Waals surface area (Å²) in [6, 6.07) is -13.9. The van der Waals surface area contributed by atoms with E-state index in [9.17, 15) is 78.0 Å². The maximum Gasteiger partial charge on any atom is 0.279 e. The molecule has 0 aliphatic rings. The van der Waals surface area contributed by atoms with Gasteiger partial charge in [-0.1, -0.05) is 55.4 Å². The van der Waals surface area contributed by atoms with Crippen molar-refractivity contribution >= 4 is 71.1 Å². The van der Waals surface area contributed by atoms with Gasteiger partial charge in [-0.2, -0.15) is 0 Å². The summed E-state index contributed by atoms with van der Waals surface area (Å²) in [5.74, 6) is -16.5. The van der Waals surface area contributed by atoms with Gasteiger partial charge in [0.1, 0.15) is 42.3 Å². The molecule has 0 aliphatic carbocycles. The molecule has 27 nitrogen and oxygen atoms in total. The third-order valence-corrected chi connectivity index (χ3v) is 10.8. The summed E-state index contributed by atoms with van der Waals surface area (Å²) in [7, 11) is 0. The Morgan fingerprint density at radius 2 is 0.833 bits per heavy atom. The highest BCUT2D eigenvalue weighted by Crippen LogP contribution is 2.13. The van der Waals surface area contributed by atoms with E-state index in [1.165, 1.54) is 12.5 Å². The predicted molar refractivity (Wildman–Crippen MR) is 242 cm³/mol. The first-order valence-corrected chi connectivity index (χ1v) is 23.5. The molecule has 1 heterocycles. The maximum absolute atomic E-state index is 13.9. The molecule has 0 fully saturated rings. The normalized spacial score (nSPS) is 15.0. The second kappa shape index (κ2) is 30.5. The number of rotatable bonds is 33. The van der Waals surface area contributed by atoms with E-state index < -0.39 is 151 Å². The zero-order valence-electron chi connectivity index (χ0n) is 42.0. The van der Waals surface area contributed by atoms with Crippen LogP contribution in [-0.2, 0) is 64.0 Å². The van der Waals surface area contributed by atoms with Crippen LogP contribution < -0.4 is 68.7 Å². The van der Waals surface area contributed by atoms with E-state index in [1.807, 2.05) is 0 Å². The second-order valence-electron chi connectivity index (χ2n) is 19.1. The minimum Gasteiger partial charge on any atom is -0.550 e. The van der Waals surface area contributed by atoms with Gasteiger partial charge in [0.25, 0.3) is 5.91 Å². The van der Waals surface area contributed by atoms with Crippen LogP contribution in [-0.4, -0.2) is 135 Å². The van der Waals surface area contributed by atoms with Crippen LogP contribution >= 0.6 is 0 Å². The summed E-state index contributed by atoms with van der Waals surface area (Å²) in [5.41, 5.74) is 4.13. The number of carboxylic acid groups (broad SMARTS) is 4. The van der Waals surface area contributed by atoms with Crippen LogP contribution in [0.15, 0.2) is 12.5 Å². The Labute approximate surface area is 416 Å². The molecular weight excluding hydrogens is 951 g/mol. The minimum absolute atomic E-state index is 0.101. The van der Waals surface area contributed by atoms with Crippen LogP contribution in [0.2, 0.25) is 0 Å². The van der Waals surface area contributed by atoms with Crippen LogP contribution in [0.5, 0.6) is 0 Å². The molecule has 404 valence electrons. The molecule has 1 rings (SSSR count). The summed E-state index contributed by atoms with van der Waals surface area (Å²) >= 11 is 0. The number of nitrogens with one attached hydrogen (secondary N) is 9. The van der Waals surface area contributed by atoms with E-state index >= 15 is 0 Å². The number of aromatic amines is 1. The average Bonchev–Trinajstić information content (AvgIpc) is 3.78. The Kier molecular flexibility index (Phi) is 26.6. The van der Waals surface area contributed by atoms with E-state index in [-0.39, 0.29) is 49.4 Å². The summed E-state index contributed by atoms with van der Waals surface area (Å²) in [6.45, 7) is 14.8. The fourth-order valence-electron chi connectivity index (χ4n) is 6.81. The van der Waals surface area contributed by atoms with Gasteiger partial charge in [-0.15, -0.1) is 0 Å². The zero-order valence-corrected chi connectivity index (χ0v) is 42.0. The molecule has 27 heteroatoms. The van der Waals surface area contributed by atoms with E-state index in [4.69, 9.17) is 0 Å². The summed E-state index contributed by atoms with van der Waals surface area (Å²) in [5, 5.41) is 64.9. The standard InChI is InChI=1S/C45H73N11O16/c1-20(2)12-27(38(64)50-26(10-11-33(57)58)37(63)49-24(9)45(71)72)51-39(65)28(13-21(3)4)52-42(68)31(16-34(59)60)55-43(69)32(17-35(61)62)54-41(67)30(15-25-18-47-19-48-25)53-40(66)29(14-22(5)6)56-44(70)36(46)23(7)8/h18-24,26-32,36H,10-17,46H2,1-9H3,(H,47,48)(H,49,63)(H,50,64)(H,51,65)(H,52,68)(H,53,66)(H,54,67)(H,55,69)(H,56,70)(H,57,58)(H,59,60)(H,61,62)(H,71,72)/p-3/t24-,26-,27-,28-,29-,30-,31-,32-,36-/m0/s1. The van der Waals surface area contributed by atoms with Gasteiger partial charge in [0, 0.05) is 55.0 Å². The monoisotopic (exact) mass is 1020 g/mol. The SMILES string of the molecule is CC(C)C[C@H](NC(=O)[C@H](CC(C)C)NC(=O)[C@H](CC(=O)[O-])NC(=O)[C@H](CC(=O)[O-])NC(=O)[C@H](Cc1cnc[nH]1)NC(=O)[C@H](CC(C)C)NC(=O)[C@@H]([NH3+])C(C)C)C(=O)N[C@@H](CCC(=O)[O-])C(=O)N[C@@H](C)C(=O)[O-]. The zero-order chi connectivity index (χ0) is 55.2. The largest absolute Gasteiger partial charge is 0.550 e. The first kappa shape index (κ1) is 62.8. The number of hydrogen-bond donors (Lipinski definition) is 10. The predicted octanol–water partition coefficient (Wildman–Crippen LogP) is -8.18. The number of amides is 8. The number of carboxylic acids is 4. The van der Waals surface area contributed by atoms with Crippen LogP contribution in [0.1, 0.15) is 113 Å². The maximum atomic E-state index is 13.9. The first-order valence-electron chi connectivity index (χ1n) is 23.5. The molecule has 0 unspecified atom stereocenters. The Morgan fingerprint density at radius 1 is 0.486 bits per heavy atom. The van der Waals surface area contributed by atoms with Gasteiger partial charge in [-0.05, 0) is 56.8 Å². The molecule has 0 spiro atoms. The molecule has 1 aromatic heterocycles. The number of aromatic nitrogens is 2. The van der Waals surface area contributed by atoms with Crippen molar-refractivity contribution in [3.05, 3.63) is 18.2 Å². The third-order valence-electron chi connectivity index (χ3n) is 10.8. The van der Waals surface area contributed by atoms with Gasteiger partial charge in [-0.3, -0.25) is 38.4 Å². The minimum atomic E-state index is -2.10. The van der Waals surface area contributed by atoms with Gasteiger partial charge in [0.15, 0.2) is 6.04 Å². The van der Waals surface area contributed by atoms with Crippen LogP contribution in [0.25, 0.3) is 0 Å². The molecule has 8 amide bonds. The van der Waals surface area contributed by atoms with Crippen molar-refractivity contribution in [3.63, 3.8) is 0 Å². The average molecular weight is 1020 g/mol. The highest BCUT2D eigenvalue weighted by molar-refractivity contribution is 5.99. The number of H-pyrrole nitrogens is 1. The molecule has 0 saturated heterocycles. The van der Waals surface area contributed by atoms with Gasteiger partial charge in [0.2, 0.25) is 41.4 Å². The lowest BCUT2D eigenvalue weighted by Gasteiger charge is -2.29. The smallest absolute Gasteiger partial charge is 0.279 e. The van der Waals surface area contributed by atoms with Crippen LogP contribution in [0.3, 0.4) is 0 Å². The summed E-state index contributed by atoms with van der Waals surface area (Å²) in [6.07, 6.45) is -1.64. The number of hydrogen-bond acceptors (Lipinski definition) is 17.